The van der Waals surface area contributed by atoms with E-state index in [1.807, 2.05) is 13.0 Å². The number of carboxylic acid groups (broad SMARTS) is 1. The average Bonchev–Trinajstić information content (AvgIpc) is 2.04. The third-order valence-corrected chi connectivity index (χ3v) is 1.62. The molecule has 0 fully saturated rings. The Hall–Kier alpha value is -0.713. The van der Waals surface area contributed by atoms with Gasteiger partial charge in [0, 0.05) is 5.56 Å². The van der Waals surface area contributed by atoms with Crippen LogP contribution in [0, 0.1) is 0 Å². The van der Waals surface area contributed by atoms with Crippen LogP contribution in [-0.2, 0) is 6.42 Å². The van der Waals surface area contributed by atoms with Crippen LogP contribution in [0.4, 0.5) is 0 Å². The first-order valence-corrected chi connectivity index (χ1v) is 3.55. The number of aryl methyl sites for hydroxylation is 1. The molecule has 1 rings (SSSR count). The van der Waals surface area contributed by atoms with Gasteiger partial charge in [0.2, 0.25) is 0 Å². The molecule has 0 aliphatic carbocycles. The van der Waals surface area contributed by atoms with Crippen molar-refractivity contribution in [3.63, 3.8) is 0 Å². The van der Waals surface area contributed by atoms with Crippen molar-refractivity contribution >= 4 is 5.97 Å². The first kappa shape index (κ1) is 11.3. The summed E-state index contributed by atoms with van der Waals surface area (Å²) in [5, 5.41) is 10.5. The zero-order valence-corrected chi connectivity index (χ0v) is 7.33. The maximum Gasteiger partial charge on any atom is 1.00 e. The summed E-state index contributed by atoms with van der Waals surface area (Å²) in [7, 11) is 0. The first-order chi connectivity index (χ1) is 5.25. The van der Waals surface area contributed by atoms with Crippen molar-refractivity contribution in [2.24, 2.45) is 0 Å². The molecule has 0 unspecified atom stereocenters. The molecular weight excluding hydrogens is 147 g/mol. The Morgan fingerprint density at radius 2 is 2.00 bits per heavy atom. The topological polar surface area (TPSA) is 40.1 Å². The number of hydrogen-bond donors (Lipinski definition) is 0. The molecule has 0 N–H and O–H groups in total. The van der Waals surface area contributed by atoms with Crippen LogP contribution >= 0.6 is 0 Å². The molecule has 0 radical (unpaired) electrons. The number of rotatable bonds is 2. The van der Waals surface area contributed by atoms with E-state index in [0.717, 1.165) is 12.0 Å². The van der Waals surface area contributed by atoms with Gasteiger partial charge in [-0.1, -0.05) is 31.2 Å². The number of carbonyl (C=O) groups excluding carboxylic acids is 1. The molecule has 1 aromatic rings. The van der Waals surface area contributed by atoms with Gasteiger partial charge in [0.25, 0.3) is 0 Å². The summed E-state index contributed by atoms with van der Waals surface area (Å²) in [6.45, 7) is 1.92. The fourth-order valence-corrected chi connectivity index (χ4v) is 1.03. The Bertz CT molecular complexity index is 271. The van der Waals surface area contributed by atoms with Gasteiger partial charge in [0.15, 0.2) is 0 Å². The Labute approximate surface area is 83.8 Å². The van der Waals surface area contributed by atoms with Crippen molar-refractivity contribution in [1.29, 1.82) is 0 Å². The van der Waals surface area contributed by atoms with Crippen molar-refractivity contribution in [2.75, 3.05) is 0 Å². The molecule has 3 heteroatoms. The van der Waals surface area contributed by atoms with Gasteiger partial charge >= 0.3 is 18.9 Å². The molecule has 0 aliphatic heterocycles. The standard InChI is InChI=1S/C9H10O2.Li/c1-2-7-5-3-4-6-8(7)9(10)11;/h3-6H,2H2,1H3,(H,10,11);/q;+1/p-1. The van der Waals surface area contributed by atoms with Crippen molar-refractivity contribution < 1.29 is 28.8 Å². The molecule has 58 valence electrons. The third kappa shape index (κ3) is 2.40. The van der Waals surface area contributed by atoms with Crippen LogP contribution < -0.4 is 24.0 Å². The number of carboxylic acids is 1. The fraction of sp³-hybridized carbons (Fsp3) is 0.222. The molecule has 0 heterocycles. The van der Waals surface area contributed by atoms with Crippen molar-refractivity contribution in [1.82, 2.24) is 0 Å². The predicted octanol–water partition coefficient (Wildman–Crippen LogP) is -2.38. The summed E-state index contributed by atoms with van der Waals surface area (Å²) in [4.78, 5) is 10.5. The molecule has 0 spiro atoms. The minimum atomic E-state index is -1.09. The van der Waals surface area contributed by atoms with E-state index >= 15 is 0 Å². The SMILES string of the molecule is CCc1ccccc1C(=O)[O-].[Li+]. The van der Waals surface area contributed by atoms with Gasteiger partial charge in [-0.25, -0.2) is 0 Å². The van der Waals surface area contributed by atoms with Crippen LogP contribution in [0.2, 0.25) is 0 Å². The van der Waals surface area contributed by atoms with Gasteiger partial charge in [0.1, 0.15) is 0 Å². The minimum Gasteiger partial charge on any atom is -0.545 e. The molecule has 0 aromatic heterocycles. The van der Waals surface area contributed by atoms with Crippen molar-refractivity contribution in [3.05, 3.63) is 35.4 Å². The largest absolute Gasteiger partial charge is 1.00 e. The van der Waals surface area contributed by atoms with Crippen LogP contribution in [0.3, 0.4) is 0 Å². The quantitative estimate of drug-likeness (QED) is 0.448. The normalized spacial score (nSPS) is 8.75. The maximum atomic E-state index is 10.5. The van der Waals surface area contributed by atoms with Crippen LogP contribution in [-0.4, -0.2) is 5.97 Å². The molecule has 0 saturated heterocycles. The smallest absolute Gasteiger partial charge is 0.545 e. The van der Waals surface area contributed by atoms with E-state index in [-0.39, 0.29) is 18.9 Å². The van der Waals surface area contributed by atoms with E-state index in [9.17, 15) is 9.90 Å². The number of aromatic carboxylic acids is 1. The maximum absolute atomic E-state index is 10.5. The minimum absolute atomic E-state index is 0. The number of benzene rings is 1. The van der Waals surface area contributed by atoms with Crippen LogP contribution in [0.5, 0.6) is 0 Å². The van der Waals surface area contributed by atoms with E-state index in [2.05, 4.69) is 0 Å². The zero-order chi connectivity index (χ0) is 8.27. The third-order valence-electron chi connectivity index (χ3n) is 1.62. The van der Waals surface area contributed by atoms with Gasteiger partial charge in [-0.05, 0) is 12.0 Å². The molecule has 2 nitrogen and oxygen atoms in total. The molecule has 0 saturated carbocycles. The summed E-state index contributed by atoms with van der Waals surface area (Å²) >= 11 is 0. The Kier molecular flexibility index (Phi) is 4.73. The zero-order valence-electron chi connectivity index (χ0n) is 7.33. The van der Waals surface area contributed by atoms with Crippen LogP contribution in [0.15, 0.2) is 24.3 Å². The molecule has 0 bridgehead atoms. The van der Waals surface area contributed by atoms with Gasteiger partial charge in [-0.3, -0.25) is 0 Å². The van der Waals surface area contributed by atoms with Gasteiger partial charge in [-0.15, -0.1) is 0 Å². The summed E-state index contributed by atoms with van der Waals surface area (Å²) in [5.74, 6) is -1.09. The van der Waals surface area contributed by atoms with E-state index in [1.165, 1.54) is 0 Å². The Morgan fingerprint density at radius 1 is 1.42 bits per heavy atom. The number of carbonyl (C=O) groups is 1. The molecule has 1 aromatic carbocycles. The molecule has 0 aliphatic rings. The van der Waals surface area contributed by atoms with Gasteiger partial charge < -0.3 is 9.90 Å². The summed E-state index contributed by atoms with van der Waals surface area (Å²) in [6.07, 6.45) is 0.726. The van der Waals surface area contributed by atoms with Gasteiger partial charge in [-0.2, -0.15) is 0 Å². The van der Waals surface area contributed by atoms with Crippen LogP contribution in [0.25, 0.3) is 0 Å². The molecule has 12 heavy (non-hydrogen) atoms. The molecule has 0 atom stereocenters. The van der Waals surface area contributed by atoms with E-state index < -0.39 is 5.97 Å². The van der Waals surface area contributed by atoms with Gasteiger partial charge in [0.05, 0.1) is 5.97 Å². The number of hydrogen-bond acceptors (Lipinski definition) is 2. The first-order valence-electron chi connectivity index (χ1n) is 3.55. The van der Waals surface area contributed by atoms with Crippen molar-refractivity contribution in [3.8, 4) is 0 Å². The summed E-state index contributed by atoms with van der Waals surface area (Å²) in [6, 6.07) is 6.88. The van der Waals surface area contributed by atoms with E-state index in [4.69, 9.17) is 0 Å². The summed E-state index contributed by atoms with van der Waals surface area (Å²) in [5.41, 5.74) is 1.13. The van der Waals surface area contributed by atoms with Crippen LogP contribution in [0.1, 0.15) is 22.8 Å². The second kappa shape index (κ2) is 5.03. The molecular formula is C9H9LiO2. The van der Waals surface area contributed by atoms with E-state index in [0.29, 0.717) is 5.56 Å². The second-order valence-electron chi connectivity index (χ2n) is 2.30. The van der Waals surface area contributed by atoms with Crippen molar-refractivity contribution in [2.45, 2.75) is 13.3 Å². The monoisotopic (exact) mass is 156 g/mol. The fourth-order valence-electron chi connectivity index (χ4n) is 1.03. The predicted molar refractivity (Wildman–Crippen MR) is 40.2 cm³/mol. The Morgan fingerprint density at radius 3 is 2.42 bits per heavy atom. The molecule has 0 amide bonds. The summed E-state index contributed by atoms with van der Waals surface area (Å²) < 4.78 is 0. The Balaban J connectivity index is 0.00000121. The second-order valence-corrected chi connectivity index (χ2v) is 2.30. The van der Waals surface area contributed by atoms with E-state index in [1.54, 1.807) is 18.2 Å². The average molecular weight is 156 g/mol.